The van der Waals surface area contributed by atoms with Crippen molar-refractivity contribution in [3.8, 4) is 11.4 Å². The van der Waals surface area contributed by atoms with Crippen LogP contribution >= 0.6 is 0 Å². The maximum Gasteiger partial charge on any atom is 0.460 e. The Balaban J connectivity index is 2.52. The minimum Gasteiger partial charge on any atom is -0.254 e. The van der Waals surface area contributed by atoms with Gasteiger partial charge in [0, 0.05) is 18.0 Å². The summed E-state index contributed by atoms with van der Waals surface area (Å²) in [5.41, 5.74) is -2.20. The average molecular weight is 416 g/mol. The normalized spacial score (nSPS) is 13.6. The van der Waals surface area contributed by atoms with Gasteiger partial charge in [-0.1, -0.05) is 6.92 Å². The highest BCUT2D eigenvalue weighted by molar-refractivity contribution is 7.91. The summed E-state index contributed by atoms with van der Waals surface area (Å²) in [7, 11) is -3.78. The molecular formula is C15H11F7N2O2S. The molecule has 2 aromatic rings. The Labute approximate surface area is 149 Å². The molecule has 0 fully saturated rings. The quantitative estimate of drug-likeness (QED) is 0.685. The first-order valence-corrected chi connectivity index (χ1v) is 8.88. The molecular weight excluding hydrogens is 405 g/mol. The Morgan fingerprint density at radius 1 is 0.963 bits per heavy atom. The first-order valence-electron chi connectivity index (χ1n) is 7.22. The summed E-state index contributed by atoms with van der Waals surface area (Å²) >= 11 is 0. The molecule has 0 atom stereocenters. The number of nitrogens with zero attached hydrogens (tertiary/aromatic N) is 2. The van der Waals surface area contributed by atoms with Crippen LogP contribution < -0.4 is 0 Å². The predicted molar refractivity (Wildman–Crippen MR) is 80.1 cm³/mol. The topological polar surface area (TPSA) is 59.9 Å². The van der Waals surface area contributed by atoms with E-state index in [1.54, 1.807) is 0 Å². The van der Waals surface area contributed by atoms with Gasteiger partial charge in [0.05, 0.1) is 16.3 Å². The summed E-state index contributed by atoms with van der Waals surface area (Å²) in [6, 6.07) is 3.51. The molecule has 0 bridgehead atoms. The fraction of sp³-hybridized carbons (Fsp3) is 0.333. The molecule has 0 spiro atoms. The zero-order chi connectivity index (χ0) is 20.7. The van der Waals surface area contributed by atoms with Gasteiger partial charge in [-0.05, 0) is 24.3 Å². The molecule has 4 nitrogen and oxygen atoms in total. The lowest BCUT2D eigenvalue weighted by Gasteiger charge is -2.28. The molecule has 0 saturated carbocycles. The average Bonchev–Trinajstić information content (AvgIpc) is 2.60. The lowest BCUT2D eigenvalue weighted by Crippen LogP contribution is -2.50. The van der Waals surface area contributed by atoms with Crippen LogP contribution in [0.2, 0.25) is 0 Å². The second-order valence-corrected chi connectivity index (χ2v) is 7.58. The Kier molecular flexibility index (Phi) is 5.25. The van der Waals surface area contributed by atoms with Gasteiger partial charge in [-0.25, -0.2) is 8.42 Å². The molecule has 0 N–H and O–H groups in total. The number of aromatic nitrogens is 2. The van der Waals surface area contributed by atoms with E-state index in [1.807, 2.05) is 0 Å². The molecule has 2 aromatic heterocycles. The van der Waals surface area contributed by atoms with E-state index in [9.17, 15) is 39.2 Å². The van der Waals surface area contributed by atoms with Gasteiger partial charge in [0.2, 0.25) is 0 Å². The largest absolute Gasteiger partial charge is 0.460 e. The number of alkyl halides is 7. The molecule has 2 heterocycles. The summed E-state index contributed by atoms with van der Waals surface area (Å²) in [5.74, 6) is -12.2. The number of hydrogen-bond donors (Lipinski definition) is 0. The molecule has 0 aliphatic heterocycles. The van der Waals surface area contributed by atoms with Crippen LogP contribution in [-0.2, 0) is 15.8 Å². The number of pyridine rings is 2. The van der Waals surface area contributed by atoms with Gasteiger partial charge in [-0.15, -0.1) is 0 Å². The monoisotopic (exact) mass is 416 g/mol. The molecule has 12 heteroatoms. The van der Waals surface area contributed by atoms with Crippen molar-refractivity contribution < 1.29 is 39.2 Å². The third kappa shape index (κ3) is 3.62. The highest BCUT2D eigenvalue weighted by Gasteiger charge is 2.73. The van der Waals surface area contributed by atoms with Crippen LogP contribution in [0.3, 0.4) is 0 Å². The molecule has 0 aliphatic rings. The minimum atomic E-state index is -6.47. The van der Waals surface area contributed by atoms with Gasteiger partial charge in [-0.2, -0.15) is 30.7 Å². The second-order valence-electron chi connectivity index (χ2n) is 5.33. The molecule has 0 aromatic carbocycles. The van der Waals surface area contributed by atoms with Gasteiger partial charge in [0.25, 0.3) is 0 Å². The highest BCUT2D eigenvalue weighted by atomic mass is 32.2. The maximum absolute atomic E-state index is 13.7. The number of halogens is 7. The number of rotatable bonds is 5. The summed E-state index contributed by atoms with van der Waals surface area (Å²) < 4.78 is 114. The zero-order valence-electron chi connectivity index (χ0n) is 13.4. The molecule has 27 heavy (non-hydrogen) atoms. The third-order valence-corrected chi connectivity index (χ3v) is 5.36. The van der Waals surface area contributed by atoms with E-state index in [1.165, 1.54) is 25.3 Å². The van der Waals surface area contributed by atoms with E-state index in [0.29, 0.717) is 12.1 Å². The van der Waals surface area contributed by atoms with Crippen LogP contribution in [-0.4, -0.2) is 36.2 Å². The van der Waals surface area contributed by atoms with Crippen LogP contribution in [0.25, 0.3) is 11.4 Å². The first kappa shape index (κ1) is 21.1. The van der Waals surface area contributed by atoms with E-state index in [4.69, 9.17) is 0 Å². The predicted octanol–water partition coefficient (Wildman–Crippen LogP) is 4.23. The standard InChI is InChI=1S/C15H11F7N2O2S/c1-2-27(25,26)11-4-3-7-23-12(11)10-6-5-9(8-24-10)13(16,17)14(18,19)15(20,21)22/h3-8H,2H2,1H3. The fourth-order valence-corrected chi connectivity index (χ4v) is 3.12. The lowest BCUT2D eigenvalue weighted by atomic mass is 10.0. The summed E-state index contributed by atoms with van der Waals surface area (Å²) in [5, 5.41) is 0. The van der Waals surface area contributed by atoms with E-state index in [0.717, 1.165) is 0 Å². The summed E-state index contributed by atoms with van der Waals surface area (Å²) in [6.45, 7) is 1.35. The van der Waals surface area contributed by atoms with Crippen molar-refractivity contribution >= 4 is 9.84 Å². The number of sulfone groups is 1. The van der Waals surface area contributed by atoms with Crippen molar-refractivity contribution in [2.75, 3.05) is 5.75 Å². The van der Waals surface area contributed by atoms with Crippen LogP contribution in [0.15, 0.2) is 41.6 Å². The lowest BCUT2D eigenvalue weighted by molar-refractivity contribution is -0.359. The Morgan fingerprint density at radius 3 is 2.07 bits per heavy atom. The number of hydrogen-bond acceptors (Lipinski definition) is 4. The van der Waals surface area contributed by atoms with Crippen LogP contribution in [0.5, 0.6) is 0 Å². The van der Waals surface area contributed by atoms with E-state index >= 15 is 0 Å². The Morgan fingerprint density at radius 2 is 1.59 bits per heavy atom. The molecule has 0 amide bonds. The van der Waals surface area contributed by atoms with E-state index in [-0.39, 0.29) is 28.2 Å². The Bertz CT molecular complexity index is 926. The van der Waals surface area contributed by atoms with Gasteiger partial charge in [0.15, 0.2) is 9.84 Å². The van der Waals surface area contributed by atoms with Gasteiger partial charge in [0.1, 0.15) is 5.69 Å². The Hall–Kier alpha value is -2.24. The summed E-state index contributed by atoms with van der Waals surface area (Å²) in [4.78, 5) is 6.92. The van der Waals surface area contributed by atoms with Crippen molar-refractivity contribution in [2.45, 2.75) is 29.8 Å². The second kappa shape index (κ2) is 6.73. The highest BCUT2D eigenvalue weighted by Crippen LogP contribution is 2.51. The van der Waals surface area contributed by atoms with Gasteiger partial charge >= 0.3 is 18.0 Å². The molecule has 0 unspecified atom stereocenters. The van der Waals surface area contributed by atoms with Gasteiger partial charge in [-0.3, -0.25) is 9.97 Å². The first-order chi connectivity index (χ1) is 12.3. The van der Waals surface area contributed by atoms with Crippen molar-refractivity contribution in [3.05, 3.63) is 42.2 Å². The van der Waals surface area contributed by atoms with Crippen LogP contribution in [0.1, 0.15) is 12.5 Å². The van der Waals surface area contributed by atoms with Crippen molar-refractivity contribution in [1.29, 1.82) is 0 Å². The molecule has 0 radical (unpaired) electrons. The zero-order valence-corrected chi connectivity index (χ0v) is 14.3. The van der Waals surface area contributed by atoms with Crippen LogP contribution in [0, 0.1) is 0 Å². The molecule has 0 saturated heterocycles. The van der Waals surface area contributed by atoms with Gasteiger partial charge < -0.3 is 0 Å². The van der Waals surface area contributed by atoms with Crippen molar-refractivity contribution in [1.82, 2.24) is 9.97 Å². The third-order valence-electron chi connectivity index (χ3n) is 3.60. The van der Waals surface area contributed by atoms with E-state index in [2.05, 4.69) is 9.97 Å². The van der Waals surface area contributed by atoms with E-state index < -0.39 is 33.4 Å². The van der Waals surface area contributed by atoms with Crippen molar-refractivity contribution in [2.24, 2.45) is 0 Å². The SMILES string of the molecule is CCS(=O)(=O)c1cccnc1-c1ccc(C(F)(F)C(F)(F)C(F)(F)F)cn1. The minimum absolute atomic E-state index is 0.131. The van der Waals surface area contributed by atoms with Crippen molar-refractivity contribution in [3.63, 3.8) is 0 Å². The smallest absolute Gasteiger partial charge is 0.254 e. The molecule has 0 aliphatic carbocycles. The molecule has 2 rings (SSSR count). The summed E-state index contributed by atoms with van der Waals surface area (Å²) in [6.07, 6.45) is -5.16. The molecule has 148 valence electrons. The fourth-order valence-electron chi connectivity index (χ4n) is 2.07. The maximum atomic E-state index is 13.7. The van der Waals surface area contributed by atoms with Crippen LogP contribution in [0.4, 0.5) is 30.7 Å².